The van der Waals surface area contributed by atoms with Crippen molar-refractivity contribution in [3.8, 4) is 5.75 Å². The van der Waals surface area contributed by atoms with E-state index in [0.29, 0.717) is 5.75 Å². The molecule has 0 spiro atoms. The fraction of sp³-hybridized carbons (Fsp3) is 0.100. The first-order chi connectivity index (χ1) is 5.36. The van der Waals surface area contributed by atoms with E-state index < -0.39 is 0 Å². The number of benzene rings is 1. The van der Waals surface area contributed by atoms with Gasteiger partial charge in [0.15, 0.2) is 0 Å². The Kier molecular flexibility index (Phi) is 1.42. The standard InChI is InChI=1S/C10H9O/c11-10-6-5-8-3-1-2-4-9(8)7-10/h1-2,4-7,11H,3H2. The van der Waals surface area contributed by atoms with Crippen molar-refractivity contribution in [1.29, 1.82) is 0 Å². The third kappa shape index (κ3) is 1.14. The molecular formula is C10H9O. The summed E-state index contributed by atoms with van der Waals surface area (Å²) >= 11 is 0. The van der Waals surface area contributed by atoms with Crippen molar-refractivity contribution in [3.63, 3.8) is 0 Å². The van der Waals surface area contributed by atoms with E-state index in [2.05, 4.69) is 6.08 Å². The average Bonchev–Trinajstić information content (AvgIpc) is 2.04. The molecule has 0 heterocycles. The quantitative estimate of drug-likeness (QED) is 0.592. The maximum absolute atomic E-state index is 9.14. The average molecular weight is 145 g/mol. The Hall–Kier alpha value is -1.24. The normalized spacial score (nSPS) is 14.5. The molecule has 0 saturated heterocycles. The van der Waals surface area contributed by atoms with Crippen LogP contribution in [0.2, 0.25) is 0 Å². The van der Waals surface area contributed by atoms with Crippen LogP contribution in [-0.2, 0) is 6.42 Å². The van der Waals surface area contributed by atoms with E-state index in [1.54, 1.807) is 12.1 Å². The number of allylic oxidation sites excluding steroid dienone is 2. The van der Waals surface area contributed by atoms with Gasteiger partial charge in [0, 0.05) is 6.42 Å². The van der Waals surface area contributed by atoms with Crippen molar-refractivity contribution in [2.24, 2.45) is 0 Å². The first kappa shape index (κ1) is 6.47. The summed E-state index contributed by atoms with van der Waals surface area (Å²) in [6.45, 7) is 0. The van der Waals surface area contributed by atoms with E-state index in [9.17, 15) is 0 Å². The highest BCUT2D eigenvalue weighted by atomic mass is 16.3. The number of hydrogen-bond donors (Lipinski definition) is 1. The van der Waals surface area contributed by atoms with Gasteiger partial charge < -0.3 is 5.11 Å². The first-order valence-corrected chi connectivity index (χ1v) is 3.68. The molecule has 0 atom stereocenters. The molecule has 1 aliphatic rings. The smallest absolute Gasteiger partial charge is 0.115 e. The van der Waals surface area contributed by atoms with Gasteiger partial charge in [-0.3, -0.25) is 0 Å². The topological polar surface area (TPSA) is 20.2 Å². The number of aromatic hydroxyl groups is 1. The molecule has 0 aromatic heterocycles. The van der Waals surface area contributed by atoms with Crippen molar-refractivity contribution in [2.45, 2.75) is 6.42 Å². The Morgan fingerprint density at radius 1 is 1.27 bits per heavy atom. The Morgan fingerprint density at radius 2 is 2.18 bits per heavy atom. The van der Waals surface area contributed by atoms with Crippen LogP contribution in [0.15, 0.2) is 30.4 Å². The van der Waals surface area contributed by atoms with Gasteiger partial charge in [0.25, 0.3) is 0 Å². The largest absolute Gasteiger partial charge is 0.508 e. The van der Waals surface area contributed by atoms with Gasteiger partial charge in [-0.15, -0.1) is 0 Å². The molecule has 0 aliphatic heterocycles. The zero-order valence-corrected chi connectivity index (χ0v) is 6.12. The first-order valence-electron chi connectivity index (χ1n) is 3.68. The van der Waals surface area contributed by atoms with E-state index in [1.165, 1.54) is 5.56 Å². The summed E-state index contributed by atoms with van der Waals surface area (Å²) in [4.78, 5) is 0. The zero-order valence-electron chi connectivity index (χ0n) is 6.12. The Balaban J connectivity index is 2.48. The van der Waals surface area contributed by atoms with E-state index in [1.807, 2.05) is 18.6 Å². The monoisotopic (exact) mass is 145 g/mol. The second kappa shape index (κ2) is 2.42. The van der Waals surface area contributed by atoms with Crippen molar-refractivity contribution in [3.05, 3.63) is 47.9 Å². The van der Waals surface area contributed by atoms with Crippen molar-refractivity contribution in [1.82, 2.24) is 0 Å². The minimum absolute atomic E-state index is 0.343. The maximum atomic E-state index is 9.14. The summed E-state index contributed by atoms with van der Waals surface area (Å²) < 4.78 is 0. The van der Waals surface area contributed by atoms with Gasteiger partial charge in [-0.1, -0.05) is 18.2 Å². The summed E-state index contributed by atoms with van der Waals surface area (Å²) in [6.07, 6.45) is 7.12. The lowest BCUT2D eigenvalue weighted by Crippen LogP contribution is -1.93. The predicted octanol–water partition coefficient (Wildman–Crippen LogP) is 2.06. The van der Waals surface area contributed by atoms with Crippen LogP contribution in [0.5, 0.6) is 5.75 Å². The number of phenols is 1. The van der Waals surface area contributed by atoms with Crippen molar-refractivity contribution < 1.29 is 5.11 Å². The lowest BCUT2D eigenvalue weighted by atomic mass is 9.97. The minimum Gasteiger partial charge on any atom is -0.508 e. The van der Waals surface area contributed by atoms with Crippen LogP contribution in [0.25, 0.3) is 0 Å². The van der Waals surface area contributed by atoms with Crippen LogP contribution in [-0.4, -0.2) is 5.11 Å². The highest BCUT2D eigenvalue weighted by Crippen LogP contribution is 2.22. The molecule has 1 N–H and O–H groups in total. The van der Waals surface area contributed by atoms with Crippen LogP contribution in [0.1, 0.15) is 11.1 Å². The summed E-state index contributed by atoms with van der Waals surface area (Å²) in [5.41, 5.74) is 2.41. The van der Waals surface area contributed by atoms with Crippen LogP contribution in [0.4, 0.5) is 0 Å². The molecule has 1 heteroatoms. The molecule has 0 amide bonds. The van der Waals surface area contributed by atoms with Gasteiger partial charge in [0.05, 0.1) is 0 Å². The molecule has 1 radical (unpaired) electrons. The lowest BCUT2D eigenvalue weighted by molar-refractivity contribution is 0.474. The van der Waals surface area contributed by atoms with Crippen molar-refractivity contribution >= 4 is 0 Å². The highest BCUT2D eigenvalue weighted by molar-refractivity contribution is 5.44. The molecule has 1 aliphatic carbocycles. The second-order valence-electron chi connectivity index (χ2n) is 2.68. The molecule has 11 heavy (non-hydrogen) atoms. The molecule has 0 fully saturated rings. The molecular weight excluding hydrogens is 136 g/mol. The number of fused-ring (bicyclic) bond motifs is 1. The lowest BCUT2D eigenvalue weighted by Gasteiger charge is -2.09. The SMILES string of the molecule is Oc1ccc2c(c1)[CH]C=CC2. The van der Waals surface area contributed by atoms with Gasteiger partial charge >= 0.3 is 0 Å². The molecule has 55 valence electrons. The predicted molar refractivity (Wildman–Crippen MR) is 44.4 cm³/mol. The highest BCUT2D eigenvalue weighted by Gasteiger charge is 2.04. The molecule has 0 unspecified atom stereocenters. The number of rotatable bonds is 0. The summed E-state index contributed by atoms with van der Waals surface area (Å²) in [5.74, 6) is 0.343. The molecule has 2 rings (SSSR count). The fourth-order valence-electron chi connectivity index (χ4n) is 1.29. The van der Waals surface area contributed by atoms with E-state index in [4.69, 9.17) is 5.11 Å². The van der Waals surface area contributed by atoms with E-state index >= 15 is 0 Å². The van der Waals surface area contributed by atoms with Crippen LogP contribution in [0, 0.1) is 6.42 Å². The Labute approximate surface area is 66.0 Å². The van der Waals surface area contributed by atoms with Gasteiger partial charge in [0.2, 0.25) is 0 Å². The molecule has 1 nitrogen and oxygen atoms in total. The molecule has 0 saturated carbocycles. The maximum Gasteiger partial charge on any atom is 0.115 e. The van der Waals surface area contributed by atoms with Crippen molar-refractivity contribution in [2.75, 3.05) is 0 Å². The van der Waals surface area contributed by atoms with Gasteiger partial charge in [0.1, 0.15) is 5.75 Å². The molecule has 1 aromatic carbocycles. The van der Waals surface area contributed by atoms with E-state index in [-0.39, 0.29) is 0 Å². The fourth-order valence-corrected chi connectivity index (χ4v) is 1.29. The minimum atomic E-state index is 0.343. The summed E-state index contributed by atoms with van der Waals surface area (Å²) in [7, 11) is 0. The third-order valence-electron chi connectivity index (χ3n) is 1.88. The summed E-state index contributed by atoms with van der Waals surface area (Å²) in [5, 5.41) is 9.14. The number of hydrogen-bond acceptors (Lipinski definition) is 1. The van der Waals surface area contributed by atoms with Crippen LogP contribution in [0.3, 0.4) is 0 Å². The van der Waals surface area contributed by atoms with Crippen LogP contribution >= 0.6 is 0 Å². The zero-order chi connectivity index (χ0) is 7.68. The third-order valence-corrected chi connectivity index (χ3v) is 1.88. The Bertz CT molecular complexity index is 300. The van der Waals surface area contributed by atoms with E-state index in [0.717, 1.165) is 12.0 Å². The van der Waals surface area contributed by atoms with Gasteiger partial charge in [-0.2, -0.15) is 0 Å². The summed E-state index contributed by atoms with van der Waals surface area (Å²) in [6, 6.07) is 5.48. The number of phenolic OH excluding ortho intramolecular Hbond substituents is 1. The Morgan fingerprint density at radius 3 is 3.09 bits per heavy atom. The van der Waals surface area contributed by atoms with Crippen LogP contribution < -0.4 is 0 Å². The van der Waals surface area contributed by atoms with Gasteiger partial charge in [-0.05, 0) is 29.7 Å². The molecule has 1 aromatic rings. The second-order valence-corrected chi connectivity index (χ2v) is 2.68. The van der Waals surface area contributed by atoms with Gasteiger partial charge in [-0.25, -0.2) is 0 Å². The molecule has 0 bridgehead atoms.